The van der Waals surface area contributed by atoms with E-state index in [9.17, 15) is 14.9 Å². The summed E-state index contributed by atoms with van der Waals surface area (Å²) >= 11 is 0. The Labute approximate surface area is 176 Å². The molecule has 5 rings (SSSR count). The number of amides is 1. The normalized spacial score (nSPS) is 16.0. The van der Waals surface area contributed by atoms with Crippen molar-refractivity contribution in [1.29, 1.82) is 0 Å². The first-order valence-electron chi connectivity index (χ1n) is 9.45. The molecule has 0 unspecified atom stereocenters. The second kappa shape index (κ2) is 7.42. The van der Waals surface area contributed by atoms with E-state index in [1.165, 1.54) is 17.1 Å². The van der Waals surface area contributed by atoms with Gasteiger partial charge in [0, 0.05) is 17.7 Å². The highest BCUT2D eigenvalue weighted by Crippen LogP contribution is 2.34. The van der Waals surface area contributed by atoms with Crippen LogP contribution in [0.4, 0.5) is 11.4 Å². The van der Waals surface area contributed by atoms with Crippen LogP contribution in [0.3, 0.4) is 0 Å². The molecule has 0 bridgehead atoms. The number of hydrazone groups is 1. The SMILES string of the molecule is O=C1/C(=C\c2ccc3c(c2)OCO3)C(c2ccc([N+](=O)[O-])cc2)=NN1c1ccccc1. The molecule has 0 N–H and O–H groups in total. The molecule has 0 aromatic heterocycles. The Morgan fingerprint density at radius 3 is 2.45 bits per heavy atom. The average molecular weight is 413 g/mol. The number of benzene rings is 3. The zero-order valence-corrected chi connectivity index (χ0v) is 16.1. The molecule has 152 valence electrons. The fraction of sp³-hybridized carbons (Fsp3) is 0.0435. The van der Waals surface area contributed by atoms with Crippen molar-refractivity contribution < 1.29 is 19.2 Å². The minimum absolute atomic E-state index is 0.0325. The van der Waals surface area contributed by atoms with E-state index in [0.29, 0.717) is 34.0 Å². The molecule has 2 heterocycles. The van der Waals surface area contributed by atoms with E-state index >= 15 is 0 Å². The van der Waals surface area contributed by atoms with Crippen LogP contribution in [0.25, 0.3) is 6.08 Å². The number of carbonyl (C=O) groups is 1. The quantitative estimate of drug-likeness (QED) is 0.364. The Bertz CT molecular complexity index is 1250. The third kappa shape index (κ3) is 3.40. The van der Waals surface area contributed by atoms with Gasteiger partial charge >= 0.3 is 0 Å². The summed E-state index contributed by atoms with van der Waals surface area (Å²) in [5.41, 5.74) is 2.75. The highest BCUT2D eigenvalue weighted by molar-refractivity contribution is 6.37. The molecule has 3 aromatic carbocycles. The van der Waals surface area contributed by atoms with Crippen LogP contribution in [-0.4, -0.2) is 23.3 Å². The molecule has 0 saturated carbocycles. The molecule has 0 fully saturated rings. The lowest BCUT2D eigenvalue weighted by Crippen LogP contribution is -2.21. The van der Waals surface area contributed by atoms with Crippen LogP contribution in [0.1, 0.15) is 11.1 Å². The Hall–Kier alpha value is -4.46. The standard InChI is InChI=1S/C23H15N3O5/c27-23-19(12-15-6-11-20-21(13-15)31-14-30-20)22(16-7-9-18(10-8-16)26(28)29)24-25(23)17-4-2-1-3-5-17/h1-13H,14H2/b19-12-. The zero-order chi connectivity index (χ0) is 21.4. The number of nitro benzene ring substituents is 1. The van der Waals surface area contributed by atoms with E-state index < -0.39 is 4.92 Å². The maximum atomic E-state index is 13.3. The Kier molecular flexibility index (Phi) is 4.44. The average Bonchev–Trinajstić information content (AvgIpc) is 3.39. The molecule has 3 aromatic rings. The fourth-order valence-corrected chi connectivity index (χ4v) is 3.41. The van der Waals surface area contributed by atoms with Crippen LogP contribution in [0.15, 0.2) is 83.5 Å². The lowest BCUT2D eigenvalue weighted by Gasteiger charge is -2.10. The Balaban J connectivity index is 1.59. The summed E-state index contributed by atoms with van der Waals surface area (Å²) < 4.78 is 10.8. The number of non-ortho nitro benzene ring substituents is 1. The molecule has 8 heteroatoms. The number of hydrogen-bond acceptors (Lipinski definition) is 6. The van der Waals surface area contributed by atoms with Gasteiger partial charge in [-0.05, 0) is 48.0 Å². The first-order chi connectivity index (χ1) is 15.1. The summed E-state index contributed by atoms with van der Waals surface area (Å²) in [5.74, 6) is 0.959. The van der Waals surface area contributed by atoms with Crippen LogP contribution < -0.4 is 14.5 Å². The number of ether oxygens (including phenoxy) is 2. The molecule has 0 aliphatic carbocycles. The molecule has 1 amide bonds. The van der Waals surface area contributed by atoms with Gasteiger partial charge in [0.2, 0.25) is 6.79 Å². The van der Waals surface area contributed by atoms with Crippen molar-refractivity contribution in [1.82, 2.24) is 0 Å². The zero-order valence-electron chi connectivity index (χ0n) is 16.1. The summed E-state index contributed by atoms with van der Waals surface area (Å²) in [4.78, 5) is 23.8. The molecule has 0 radical (unpaired) electrons. The van der Waals surface area contributed by atoms with Gasteiger partial charge in [0.05, 0.1) is 16.2 Å². The van der Waals surface area contributed by atoms with E-state index in [1.54, 1.807) is 42.5 Å². The minimum atomic E-state index is -0.467. The molecule has 31 heavy (non-hydrogen) atoms. The lowest BCUT2D eigenvalue weighted by molar-refractivity contribution is -0.384. The maximum absolute atomic E-state index is 13.3. The summed E-state index contributed by atoms with van der Waals surface area (Å²) in [6, 6.07) is 20.5. The number of para-hydroxylation sites is 1. The molecule has 2 aliphatic heterocycles. The van der Waals surface area contributed by atoms with Gasteiger partial charge in [0.15, 0.2) is 11.5 Å². The fourth-order valence-electron chi connectivity index (χ4n) is 3.41. The van der Waals surface area contributed by atoms with Crippen molar-refractivity contribution >= 4 is 29.1 Å². The van der Waals surface area contributed by atoms with E-state index in [1.807, 2.05) is 24.3 Å². The Morgan fingerprint density at radius 1 is 0.968 bits per heavy atom. The van der Waals surface area contributed by atoms with Crippen molar-refractivity contribution in [2.24, 2.45) is 5.10 Å². The second-order valence-electron chi connectivity index (χ2n) is 6.88. The van der Waals surface area contributed by atoms with Gasteiger partial charge < -0.3 is 9.47 Å². The van der Waals surface area contributed by atoms with Crippen LogP contribution >= 0.6 is 0 Å². The third-order valence-corrected chi connectivity index (χ3v) is 4.94. The molecular weight excluding hydrogens is 398 g/mol. The first kappa shape index (κ1) is 18.6. The number of hydrogen-bond donors (Lipinski definition) is 0. The summed E-state index contributed by atoms with van der Waals surface area (Å²) in [5, 5.41) is 16.9. The molecular formula is C23H15N3O5. The third-order valence-electron chi connectivity index (χ3n) is 4.94. The molecule has 8 nitrogen and oxygen atoms in total. The second-order valence-corrected chi connectivity index (χ2v) is 6.88. The van der Waals surface area contributed by atoms with Crippen molar-refractivity contribution in [3.05, 3.63) is 99.6 Å². The van der Waals surface area contributed by atoms with Crippen molar-refractivity contribution in [3.63, 3.8) is 0 Å². The largest absolute Gasteiger partial charge is 0.454 e. The predicted octanol–water partition coefficient (Wildman–Crippen LogP) is 4.16. The van der Waals surface area contributed by atoms with Gasteiger partial charge in [0.25, 0.3) is 11.6 Å². The monoisotopic (exact) mass is 413 g/mol. The molecule has 2 aliphatic rings. The molecule has 0 saturated heterocycles. The first-order valence-corrected chi connectivity index (χ1v) is 9.45. The summed E-state index contributed by atoms with van der Waals surface area (Å²) in [6.45, 7) is 0.158. The van der Waals surface area contributed by atoms with Gasteiger partial charge in [0.1, 0.15) is 5.71 Å². The smallest absolute Gasteiger partial charge is 0.281 e. The topological polar surface area (TPSA) is 94.3 Å². The lowest BCUT2D eigenvalue weighted by atomic mass is 10.00. The Morgan fingerprint density at radius 2 is 1.71 bits per heavy atom. The molecule has 0 spiro atoms. The van der Waals surface area contributed by atoms with E-state index in [0.717, 1.165) is 5.56 Å². The van der Waals surface area contributed by atoms with Gasteiger partial charge in [-0.1, -0.05) is 24.3 Å². The van der Waals surface area contributed by atoms with Crippen molar-refractivity contribution in [2.75, 3.05) is 11.8 Å². The van der Waals surface area contributed by atoms with Gasteiger partial charge in [-0.15, -0.1) is 0 Å². The van der Waals surface area contributed by atoms with Crippen LogP contribution in [0, 0.1) is 10.1 Å². The number of rotatable bonds is 4. The van der Waals surface area contributed by atoms with Crippen LogP contribution in [0.5, 0.6) is 11.5 Å². The number of nitrogens with zero attached hydrogens (tertiary/aromatic N) is 3. The van der Waals surface area contributed by atoms with Gasteiger partial charge in [-0.25, -0.2) is 0 Å². The number of carbonyl (C=O) groups excluding carboxylic acids is 1. The van der Waals surface area contributed by atoms with Crippen molar-refractivity contribution in [2.45, 2.75) is 0 Å². The predicted molar refractivity (Wildman–Crippen MR) is 114 cm³/mol. The summed E-state index contributed by atoms with van der Waals surface area (Å²) in [7, 11) is 0. The van der Waals surface area contributed by atoms with Gasteiger partial charge in [-0.2, -0.15) is 10.1 Å². The van der Waals surface area contributed by atoms with E-state index in [2.05, 4.69) is 5.10 Å². The molecule has 0 atom stereocenters. The maximum Gasteiger partial charge on any atom is 0.281 e. The van der Waals surface area contributed by atoms with E-state index in [4.69, 9.17) is 9.47 Å². The number of fused-ring (bicyclic) bond motifs is 1. The van der Waals surface area contributed by atoms with E-state index in [-0.39, 0.29) is 18.4 Å². The van der Waals surface area contributed by atoms with Gasteiger partial charge in [-0.3, -0.25) is 14.9 Å². The highest BCUT2D eigenvalue weighted by atomic mass is 16.7. The van der Waals surface area contributed by atoms with Crippen molar-refractivity contribution in [3.8, 4) is 11.5 Å². The number of nitro groups is 1. The summed E-state index contributed by atoms with van der Waals surface area (Å²) in [6.07, 6.45) is 1.73. The van der Waals surface area contributed by atoms with Crippen LogP contribution in [0.2, 0.25) is 0 Å². The minimum Gasteiger partial charge on any atom is -0.454 e. The highest BCUT2D eigenvalue weighted by Gasteiger charge is 2.32. The number of anilines is 1. The van der Waals surface area contributed by atoms with Crippen LogP contribution in [-0.2, 0) is 4.79 Å².